The van der Waals surface area contributed by atoms with Gasteiger partial charge in [0.05, 0.1) is 25.1 Å². The normalized spacial score (nSPS) is 41.4. The van der Waals surface area contributed by atoms with E-state index in [-0.39, 0.29) is 18.3 Å². The van der Waals surface area contributed by atoms with Crippen molar-refractivity contribution in [1.29, 1.82) is 0 Å². The minimum atomic E-state index is -1.36. The molecule has 2 aromatic heterocycles. The van der Waals surface area contributed by atoms with Gasteiger partial charge in [-0.05, 0) is 19.3 Å². The highest BCUT2D eigenvalue weighted by atomic mass is 16.3. The van der Waals surface area contributed by atoms with Crippen LogP contribution in [0.4, 0.5) is 5.82 Å². The van der Waals surface area contributed by atoms with Gasteiger partial charge >= 0.3 is 0 Å². The molecular weight excluding hydrogens is 274 g/mol. The average Bonchev–Trinajstić information content (AvgIpc) is 2.96. The standard InChI is InChI=1S/C13H17N5O3/c1-12(21)8(6-2-13(6,3-19)11(12)20)18-5-17-7-9(14)15-4-16-10(7)18/h4-6,8,11,19-21H,2-3H2,1H3,(H2,14,15,16)/t6-,8+,11-,12+,13-/m0/s1. The van der Waals surface area contributed by atoms with Crippen LogP contribution in [-0.4, -0.2) is 53.2 Å². The number of aliphatic hydroxyl groups excluding tert-OH is 2. The minimum Gasteiger partial charge on any atom is -0.396 e. The van der Waals surface area contributed by atoms with Crippen molar-refractivity contribution >= 4 is 17.0 Å². The van der Waals surface area contributed by atoms with Gasteiger partial charge in [-0.3, -0.25) is 0 Å². The largest absolute Gasteiger partial charge is 0.396 e. The molecule has 4 rings (SSSR count). The molecule has 2 fully saturated rings. The highest BCUT2D eigenvalue weighted by Crippen LogP contribution is 2.70. The van der Waals surface area contributed by atoms with Crippen LogP contribution < -0.4 is 5.73 Å². The summed E-state index contributed by atoms with van der Waals surface area (Å²) in [6.45, 7) is 1.44. The molecule has 5 N–H and O–H groups in total. The molecule has 0 aromatic carbocycles. The Morgan fingerprint density at radius 2 is 2.19 bits per heavy atom. The number of hydrogen-bond donors (Lipinski definition) is 4. The molecule has 112 valence electrons. The second kappa shape index (κ2) is 3.70. The monoisotopic (exact) mass is 291 g/mol. The lowest BCUT2D eigenvalue weighted by molar-refractivity contribution is -0.0997. The van der Waals surface area contributed by atoms with Gasteiger partial charge in [-0.25, -0.2) is 15.0 Å². The molecule has 0 radical (unpaired) electrons. The Labute approximate surface area is 120 Å². The number of anilines is 1. The molecule has 0 saturated heterocycles. The Morgan fingerprint density at radius 1 is 1.43 bits per heavy atom. The van der Waals surface area contributed by atoms with Crippen LogP contribution in [0.2, 0.25) is 0 Å². The molecule has 8 nitrogen and oxygen atoms in total. The van der Waals surface area contributed by atoms with Crippen LogP contribution in [0.15, 0.2) is 12.7 Å². The summed E-state index contributed by atoms with van der Waals surface area (Å²) in [7, 11) is 0. The van der Waals surface area contributed by atoms with E-state index in [1.807, 2.05) is 0 Å². The Hall–Kier alpha value is -1.77. The predicted octanol–water partition coefficient (Wildman–Crippen LogP) is -0.926. The summed E-state index contributed by atoms with van der Waals surface area (Å²) in [5.41, 5.74) is 4.80. The Balaban J connectivity index is 1.88. The number of aliphatic hydroxyl groups is 3. The molecule has 2 aliphatic carbocycles. The molecule has 0 unspecified atom stereocenters. The summed E-state index contributed by atoms with van der Waals surface area (Å²) in [5, 5.41) is 30.7. The molecule has 2 aromatic rings. The topological polar surface area (TPSA) is 130 Å². The molecule has 0 spiro atoms. The van der Waals surface area contributed by atoms with Gasteiger partial charge < -0.3 is 25.6 Å². The van der Waals surface area contributed by atoms with E-state index in [2.05, 4.69) is 15.0 Å². The van der Waals surface area contributed by atoms with E-state index >= 15 is 0 Å². The highest BCUT2D eigenvalue weighted by molar-refractivity contribution is 5.81. The second-order valence-corrected chi connectivity index (χ2v) is 6.36. The average molecular weight is 291 g/mol. The number of rotatable bonds is 2. The summed E-state index contributed by atoms with van der Waals surface area (Å²) in [5.74, 6) is 0.266. The number of nitrogens with two attached hydrogens (primary N) is 1. The van der Waals surface area contributed by atoms with Crippen LogP contribution in [-0.2, 0) is 0 Å². The maximum atomic E-state index is 10.7. The van der Waals surface area contributed by atoms with Crippen molar-refractivity contribution in [3.8, 4) is 0 Å². The summed E-state index contributed by atoms with van der Waals surface area (Å²) < 4.78 is 1.74. The molecule has 0 amide bonds. The van der Waals surface area contributed by atoms with Crippen molar-refractivity contribution in [1.82, 2.24) is 19.5 Å². The summed E-state index contributed by atoms with van der Waals surface area (Å²) in [4.78, 5) is 12.3. The van der Waals surface area contributed by atoms with Crippen molar-refractivity contribution < 1.29 is 15.3 Å². The Morgan fingerprint density at radius 3 is 2.86 bits per heavy atom. The van der Waals surface area contributed by atoms with E-state index in [0.29, 0.717) is 17.6 Å². The first-order valence-electron chi connectivity index (χ1n) is 6.88. The fourth-order valence-electron chi connectivity index (χ4n) is 4.06. The molecule has 21 heavy (non-hydrogen) atoms. The molecular formula is C13H17N5O3. The molecule has 0 aliphatic heterocycles. The van der Waals surface area contributed by atoms with Gasteiger partial charge in [-0.2, -0.15) is 0 Å². The number of nitrogens with zero attached hydrogens (tertiary/aromatic N) is 4. The SMILES string of the molecule is C[C@@]1(O)[C@H](n2cnc3c(N)ncnc32)[C@@H]2C[C@@]2(CO)[C@H]1O. The lowest BCUT2D eigenvalue weighted by Gasteiger charge is -2.34. The highest BCUT2D eigenvalue weighted by Gasteiger charge is 2.75. The third-order valence-corrected chi connectivity index (χ3v) is 5.24. The van der Waals surface area contributed by atoms with Crippen LogP contribution in [0.1, 0.15) is 19.4 Å². The summed E-state index contributed by atoms with van der Waals surface area (Å²) in [6, 6.07) is -0.404. The van der Waals surface area contributed by atoms with Crippen molar-refractivity contribution in [2.45, 2.75) is 31.1 Å². The van der Waals surface area contributed by atoms with E-state index in [1.165, 1.54) is 6.33 Å². The van der Waals surface area contributed by atoms with Gasteiger partial charge in [-0.15, -0.1) is 0 Å². The number of imidazole rings is 1. The zero-order valence-electron chi connectivity index (χ0n) is 11.5. The number of nitrogen functional groups attached to an aromatic ring is 1. The lowest BCUT2D eigenvalue weighted by Crippen LogP contribution is -2.46. The van der Waals surface area contributed by atoms with Gasteiger partial charge in [0.25, 0.3) is 0 Å². The maximum Gasteiger partial charge on any atom is 0.165 e. The van der Waals surface area contributed by atoms with Crippen LogP contribution in [0.3, 0.4) is 0 Å². The van der Waals surface area contributed by atoms with Crippen molar-refractivity contribution in [3.05, 3.63) is 12.7 Å². The van der Waals surface area contributed by atoms with Gasteiger partial charge in [-0.1, -0.05) is 0 Å². The van der Waals surface area contributed by atoms with E-state index < -0.39 is 23.2 Å². The zero-order valence-corrected chi connectivity index (χ0v) is 11.5. The Kier molecular flexibility index (Phi) is 2.28. The zero-order chi connectivity index (χ0) is 15.0. The second-order valence-electron chi connectivity index (χ2n) is 6.36. The van der Waals surface area contributed by atoms with Gasteiger partial charge in [0, 0.05) is 5.41 Å². The predicted molar refractivity (Wildman–Crippen MR) is 73.0 cm³/mol. The number of hydrogen-bond acceptors (Lipinski definition) is 7. The molecule has 5 atom stereocenters. The van der Waals surface area contributed by atoms with E-state index in [4.69, 9.17) is 5.73 Å². The van der Waals surface area contributed by atoms with Crippen LogP contribution in [0, 0.1) is 11.3 Å². The van der Waals surface area contributed by atoms with Crippen LogP contribution in [0.5, 0.6) is 0 Å². The van der Waals surface area contributed by atoms with Crippen molar-refractivity contribution in [2.75, 3.05) is 12.3 Å². The van der Waals surface area contributed by atoms with Crippen molar-refractivity contribution in [2.24, 2.45) is 11.3 Å². The van der Waals surface area contributed by atoms with Crippen LogP contribution >= 0.6 is 0 Å². The summed E-state index contributed by atoms with van der Waals surface area (Å²) >= 11 is 0. The smallest absolute Gasteiger partial charge is 0.165 e. The van der Waals surface area contributed by atoms with E-state index in [9.17, 15) is 15.3 Å². The molecule has 2 saturated carbocycles. The molecule has 0 bridgehead atoms. The van der Waals surface area contributed by atoms with E-state index in [1.54, 1.807) is 17.8 Å². The third-order valence-electron chi connectivity index (χ3n) is 5.24. The fraction of sp³-hybridized carbons (Fsp3) is 0.615. The van der Waals surface area contributed by atoms with Gasteiger partial charge in [0.15, 0.2) is 11.5 Å². The third kappa shape index (κ3) is 1.37. The first kappa shape index (κ1) is 12.9. The minimum absolute atomic E-state index is 0.0129. The van der Waals surface area contributed by atoms with Crippen molar-refractivity contribution in [3.63, 3.8) is 0 Å². The van der Waals surface area contributed by atoms with Gasteiger partial charge in [0.2, 0.25) is 0 Å². The molecule has 2 aliphatic rings. The first-order valence-corrected chi connectivity index (χ1v) is 6.88. The fourth-order valence-corrected chi connectivity index (χ4v) is 4.06. The van der Waals surface area contributed by atoms with Gasteiger partial charge in [0.1, 0.15) is 17.4 Å². The maximum absolute atomic E-state index is 10.7. The quantitative estimate of drug-likeness (QED) is 0.562. The lowest BCUT2D eigenvalue weighted by atomic mass is 9.89. The molecule has 2 heterocycles. The molecule has 8 heteroatoms. The Bertz CT molecular complexity index is 730. The number of fused-ring (bicyclic) bond motifs is 2. The van der Waals surface area contributed by atoms with E-state index in [0.717, 1.165) is 0 Å². The first-order chi connectivity index (χ1) is 9.93. The van der Waals surface area contributed by atoms with Crippen LogP contribution in [0.25, 0.3) is 11.2 Å². The summed E-state index contributed by atoms with van der Waals surface area (Å²) in [6.07, 6.45) is 2.60. The number of aromatic nitrogens is 4.